The summed E-state index contributed by atoms with van der Waals surface area (Å²) in [7, 11) is 4.00. The fourth-order valence-corrected chi connectivity index (χ4v) is 4.56. The highest BCUT2D eigenvalue weighted by molar-refractivity contribution is 5.61. The van der Waals surface area contributed by atoms with Crippen LogP contribution in [0.15, 0.2) is 24.5 Å². The summed E-state index contributed by atoms with van der Waals surface area (Å²) in [4.78, 5) is 16.4. The van der Waals surface area contributed by atoms with Crippen molar-refractivity contribution in [3.05, 3.63) is 35.8 Å². The summed E-state index contributed by atoms with van der Waals surface area (Å²) < 4.78 is 5.82. The molecule has 0 amide bonds. The van der Waals surface area contributed by atoms with E-state index in [1.165, 1.54) is 11.3 Å². The topological polar surface area (TPSA) is 51.1 Å². The van der Waals surface area contributed by atoms with Gasteiger partial charge in [0.2, 0.25) is 0 Å². The molecule has 0 saturated heterocycles. The van der Waals surface area contributed by atoms with Crippen molar-refractivity contribution in [2.75, 3.05) is 19.1 Å². The largest absolute Gasteiger partial charge is 0.378 e. The molecule has 2 unspecified atom stereocenters. The third-order valence-electron chi connectivity index (χ3n) is 6.88. The Bertz CT molecular complexity index is 820. The molecule has 0 aromatic carbocycles. The molecule has 1 fully saturated rings. The highest BCUT2D eigenvalue weighted by atomic mass is 16.5. The molecular weight excluding hydrogens is 324 g/mol. The molecule has 0 aliphatic heterocycles. The summed E-state index contributed by atoms with van der Waals surface area (Å²) >= 11 is 0. The highest BCUT2D eigenvalue weighted by Crippen LogP contribution is 2.54. The molecule has 5 heteroatoms. The van der Waals surface area contributed by atoms with Gasteiger partial charge in [0.1, 0.15) is 5.82 Å². The number of aryl methyl sites for hydroxylation is 1. The fraction of sp³-hybridized carbons (Fsp3) is 0.571. The average Bonchev–Trinajstić information content (AvgIpc) is 3.13. The molecule has 0 N–H and O–H groups in total. The number of hydrogen-bond donors (Lipinski definition) is 0. The highest BCUT2D eigenvalue weighted by Gasteiger charge is 2.59. The molecule has 2 aliphatic carbocycles. The van der Waals surface area contributed by atoms with E-state index in [-0.39, 0.29) is 11.0 Å². The van der Waals surface area contributed by atoms with E-state index < -0.39 is 0 Å². The summed E-state index contributed by atoms with van der Waals surface area (Å²) in [6.45, 7) is 6.81. The van der Waals surface area contributed by atoms with Crippen molar-refractivity contribution in [1.29, 1.82) is 0 Å². The Morgan fingerprint density at radius 3 is 2.50 bits per heavy atom. The zero-order valence-corrected chi connectivity index (χ0v) is 16.4. The summed E-state index contributed by atoms with van der Waals surface area (Å²) in [6.07, 6.45) is 7.88. The van der Waals surface area contributed by atoms with Crippen molar-refractivity contribution in [2.24, 2.45) is 5.41 Å². The van der Waals surface area contributed by atoms with Gasteiger partial charge in [0.05, 0.1) is 5.60 Å². The lowest BCUT2D eigenvalue weighted by Crippen LogP contribution is -2.68. The Labute approximate surface area is 155 Å². The first-order valence-electron chi connectivity index (χ1n) is 9.45. The zero-order chi connectivity index (χ0) is 18.5. The lowest BCUT2D eigenvalue weighted by Gasteiger charge is -2.61. The van der Waals surface area contributed by atoms with Gasteiger partial charge in [0.25, 0.3) is 0 Å². The van der Waals surface area contributed by atoms with E-state index in [4.69, 9.17) is 14.7 Å². The predicted octanol–water partition coefficient (Wildman–Crippen LogP) is 3.67. The van der Waals surface area contributed by atoms with Crippen molar-refractivity contribution >= 4 is 5.82 Å². The SMILES string of the molecule is COC1(C)CC(N(C)c2nc(-c3ccncc3)nc3c2CCC3)C1(C)C. The smallest absolute Gasteiger partial charge is 0.161 e. The lowest BCUT2D eigenvalue weighted by molar-refractivity contribution is -0.172. The van der Waals surface area contributed by atoms with Crippen LogP contribution in [-0.4, -0.2) is 40.8 Å². The van der Waals surface area contributed by atoms with Gasteiger partial charge in [-0.2, -0.15) is 0 Å². The molecule has 5 nitrogen and oxygen atoms in total. The molecular formula is C21H28N4O. The molecule has 0 spiro atoms. The predicted molar refractivity (Wildman–Crippen MR) is 103 cm³/mol. The first-order chi connectivity index (χ1) is 12.4. The van der Waals surface area contributed by atoms with E-state index in [1.54, 1.807) is 12.4 Å². The van der Waals surface area contributed by atoms with Gasteiger partial charge in [-0.05, 0) is 44.7 Å². The first kappa shape index (κ1) is 17.4. The van der Waals surface area contributed by atoms with E-state index in [9.17, 15) is 0 Å². The van der Waals surface area contributed by atoms with E-state index >= 15 is 0 Å². The Hall–Kier alpha value is -2.01. The summed E-state index contributed by atoms with van der Waals surface area (Å²) in [6, 6.07) is 4.36. The number of rotatable bonds is 4. The number of nitrogens with zero attached hydrogens (tertiary/aromatic N) is 4. The van der Waals surface area contributed by atoms with E-state index in [2.05, 4.69) is 37.7 Å². The second-order valence-electron chi connectivity index (χ2n) is 8.37. The number of ether oxygens (including phenoxy) is 1. The van der Waals surface area contributed by atoms with Crippen molar-refractivity contribution in [3.63, 3.8) is 0 Å². The first-order valence-corrected chi connectivity index (χ1v) is 9.45. The number of anilines is 1. The van der Waals surface area contributed by atoms with Gasteiger partial charge in [-0.3, -0.25) is 4.98 Å². The maximum absolute atomic E-state index is 5.82. The van der Waals surface area contributed by atoms with Gasteiger partial charge in [-0.1, -0.05) is 13.8 Å². The number of hydrogen-bond acceptors (Lipinski definition) is 5. The van der Waals surface area contributed by atoms with Gasteiger partial charge in [0.15, 0.2) is 5.82 Å². The van der Waals surface area contributed by atoms with Crippen LogP contribution in [-0.2, 0) is 17.6 Å². The fourth-order valence-electron chi connectivity index (χ4n) is 4.56. The van der Waals surface area contributed by atoms with Crippen molar-refractivity contribution in [2.45, 2.75) is 58.1 Å². The van der Waals surface area contributed by atoms with Gasteiger partial charge in [-0.15, -0.1) is 0 Å². The van der Waals surface area contributed by atoms with Crippen molar-refractivity contribution < 1.29 is 4.74 Å². The van der Waals surface area contributed by atoms with Crippen LogP contribution in [0.4, 0.5) is 5.82 Å². The normalized spacial score (nSPS) is 26.3. The number of pyridine rings is 1. The molecule has 2 heterocycles. The minimum atomic E-state index is -0.0872. The van der Waals surface area contributed by atoms with Crippen LogP contribution in [0.5, 0.6) is 0 Å². The molecule has 2 aliphatic rings. The molecule has 0 radical (unpaired) electrons. The minimum absolute atomic E-state index is 0.0593. The van der Waals surface area contributed by atoms with Gasteiger partial charge < -0.3 is 9.64 Å². The molecule has 138 valence electrons. The van der Waals surface area contributed by atoms with E-state index in [0.29, 0.717) is 6.04 Å². The van der Waals surface area contributed by atoms with Crippen LogP contribution in [0.2, 0.25) is 0 Å². The lowest BCUT2D eigenvalue weighted by atomic mass is 9.55. The Morgan fingerprint density at radius 2 is 1.85 bits per heavy atom. The molecule has 1 saturated carbocycles. The van der Waals surface area contributed by atoms with Crippen LogP contribution < -0.4 is 4.90 Å². The summed E-state index contributed by atoms with van der Waals surface area (Å²) in [5.74, 6) is 1.90. The van der Waals surface area contributed by atoms with Crippen LogP contribution >= 0.6 is 0 Å². The molecule has 2 atom stereocenters. The van der Waals surface area contributed by atoms with Gasteiger partial charge in [0, 0.05) is 54.8 Å². The van der Waals surface area contributed by atoms with Gasteiger partial charge >= 0.3 is 0 Å². The number of aromatic nitrogens is 3. The maximum atomic E-state index is 5.82. The summed E-state index contributed by atoms with van der Waals surface area (Å²) in [5.41, 5.74) is 3.53. The van der Waals surface area contributed by atoms with Crippen LogP contribution in [0.25, 0.3) is 11.4 Å². The zero-order valence-electron chi connectivity index (χ0n) is 16.4. The standard InChI is InChI=1S/C21H28N4O/c1-20(2)17(13-21(20,3)26-5)25(4)19-15-7-6-8-16(15)23-18(24-19)14-9-11-22-12-10-14/h9-12,17H,6-8,13H2,1-5H3. The van der Waals surface area contributed by atoms with Crippen molar-refractivity contribution in [3.8, 4) is 11.4 Å². The van der Waals surface area contributed by atoms with Crippen molar-refractivity contribution in [1.82, 2.24) is 15.0 Å². The quantitative estimate of drug-likeness (QED) is 0.840. The third-order valence-corrected chi connectivity index (χ3v) is 6.88. The average molecular weight is 352 g/mol. The van der Waals surface area contributed by atoms with Crippen LogP contribution in [0.3, 0.4) is 0 Å². The van der Waals surface area contributed by atoms with Crippen LogP contribution in [0.1, 0.15) is 44.9 Å². The molecule has 2 aromatic rings. The van der Waals surface area contributed by atoms with E-state index in [1.807, 2.05) is 19.2 Å². The second kappa shape index (κ2) is 6.02. The molecule has 0 bridgehead atoms. The van der Waals surface area contributed by atoms with E-state index in [0.717, 1.165) is 42.9 Å². The summed E-state index contributed by atoms with van der Waals surface area (Å²) in [5, 5.41) is 0. The maximum Gasteiger partial charge on any atom is 0.161 e. The third kappa shape index (κ3) is 2.44. The Morgan fingerprint density at radius 1 is 1.12 bits per heavy atom. The molecule has 2 aromatic heterocycles. The van der Waals surface area contributed by atoms with Crippen LogP contribution in [0, 0.1) is 5.41 Å². The second-order valence-corrected chi connectivity index (χ2v) is 8.37. The monoisotopic (exact) mass is 352 g/mol. The number of fused-ring (bicyclic) bond motifs is 1. The Balaban J connectivity index is 1.74. The minimum Gasteiger partial charge on any atom is -0.378 e. The number of methoxy groups -OCH3 is 1. The van der Waals surface area contributed by atoms with Gasteiger partial charge in [-0.25, -0.2) is 9.97 Å². The molecule has 26 heavy (non-hydrogen) atoms. The Kier molecular flexibility index (Phi) is 4.03. The molecule has 4 rings (SSSR count).